The van der Waals surface area contributed by atoms with E-state index in [0.717, 1.165) is 19.2 Å². The van der Waals surface area contributed by atoms with Crippen molar-refractivity contribution in [1.29, 1.82) is 0 Å². The summed E-state index contributed by atoms with van der Waals surface area (Å²) in [7, 11) is 1.97. The molecule has 0 spiro atoms. The van der Waals surface area contributed by atoms with Crippen LogP contribution in [0, 0.1) is 0 Å². The Morgan fingerprint density at radius 2 is 2.15 bits per heavy atom. The number of rotatable bonds is 5. The summed E-state index contributed by atoms with van der Waals surface area (Å²) in [5.74, 6) is 0.403. The predicted molar refractivity (Wildman–Crippen MR) is 69.6 cm³/mol. The molecule has 2 aromatic rings. The second-order valence-electron chi connectivity index (χ2n) is 4.46. The second-order valence-corrected chi connectivity index (χ2v) is 4.46. The SMILES string of the molecule is CCN(C)CCNc1nccn2nc(C(F)(F)F)cc12. The van der Waals surface area contributed by atoms with Crippen LogP contribution in [0.4, 0.5) is 19.0 Å². The number of nitrogens with zero attached hydrogens (tertiary/aromatic N) is 4. The summed E-state index contributed by atoms with van der Waals surface area (Å²) in [6.07, 6.45) is -1.63. The van der Waals surface area contributed by atoms with Crippen molar-refractivity contribution >= 4 is 11.3 Å². The Morgan fingerprint density at radius 1 is 1.40 bits per heavy atom. The molecule has 0 unspecified atom stereocenters. The smallest absolute Gasteiger partial charge is 0.367 e. The summed E-state index contributed by atoms with van der Waals surface area (Å²) >= 11 is 0. The largest absolute Gasteiger partial charge is 0.435 e. The molecule has 0 bridgehead atoms. The van der Waals surface area contributed by atoms with Crippen LogP contribution in [0.3, 0.4) is 0 Å². The molecule has 5 nitrogen and oxygen atoms in total. The van der Waals surface area contributed by atoms with Gasteiger partial charge < -0.3 is 10.2 Å². The summed E-state index contributed by atoms with van der Waals surface area (Å²) in [5, 5.41) is 6.54. The third-order valence-corrected chi connectivity index (χ3v) is 3.01. The van der Waals surface area contributed by atoms with Crippen molar-refractivity contribution in [3.05, 3.63) is 24.2 Å². The van der Waals surface area contributed by atoms with Crippen molar-refractivity contribution < 1.29 is 13.2 Å². The fourth-order valence-electron chi connectivity index (χ4n) is 1.72. The van der Waals surface area contributed by atoms with E-state index in [1.54, 1.807) is 0 Å². The zero-order chi connectivity index (χ0) is 14.8. The summed E-state index contributed by atoms with van der Waals surface area (Å²) in [6, 6.07) is 0.999. The van der Waals surface area contributed by atoms with Crippen LogP contribution in [0.15, 0.2) is 18.5 Å². The normalized spacial score (nSPS) is 12.3. The Hall–Kier alpha value is -1.83. The quantitative estimate of drug-likeness (QED) is 0.915. The summed E-state index contributed by atoms with van der Waals surface area (Å²) in [4.78, 5) is 6.16. The Balaban J connectivity index is 2.19. The van der Waals surface area contributed by atoms with Crippen LogP contribution in [0.25, 0.3) is 5.52 Å². The minimum absolute atomic E-state index is 0.318. The van der Waals surface area contributed by atoms with Gasteiger partial charge in [-0.05, 0) is 13.6 Å². The van der Waals surface area contributed by atoms with Gasteiger partial charge in [0.05, 0.1) is 0 Å². The van der Waals surface area contributed by atoms with Crippen molar-refractivity contribution in [2.45, 2.75) is 13.1 Å². The molecule has 0 aliphatic rings. The molecule has 8 heteroatoms. The Morgan fingerprint density at radius 3 is 2.80 bits per heavy atom. The highest BCUT2D eigenvalue weighted by molar-refractivity contribution is 5.67. The number of hydrogen-bond acceptors (Lipinski definition) is 4. The van der Waals surface area contributed by atoms with Crippen LogP contribution in [-0.2, 0) is 6.18 Å². The van der Waals surface area contributed by atoms with Gasteiger partial charge in [0.1, 0.15) is 5.52 Å². The van der Waals surface area contributed by atoms with E-state index in [2.05, 4.69) is 20.3 Å². The van der Waals surface area contributed by atoms with Crippen LogP contribution in [0.5, 0.6) is 0 Å². The van der Waals surface area contributed by atoms with E-state index in [-0.39, 0.29) is 0 Å². The standard InChI is InChI=1S/C12H16F3N5/c1-3-19(2)6-4-16-11-9-8-10(12(13,14)15)18-20(9)7-5-17-11/h5,7-8H,3-4,6H2,1-2H3,(H,16,17). The second kappa shape index (κ2) is 5.66. The fraction of sp³-hybridized carbons (Fsp3) is 0.500. The maximum Gasteiger partial charge on any atom is 0.435 e. The highest BCUT2D eigenvalue weighted by Gasteiger charge is 2.34. The van der Waals surface area contributed by atoms with Crippen LogP contribution in [-0.4, -0.2) is 46.2 Å². The molecule has 0 aliphatic carbocycles. The van der Waals surface area contributed by atoms with E-state index < -0.39 is 11.9 Å². The first kappa shape index (κ1) is 14.6. The van der Waals surface area contributed by atoms with Crippen molar-refractivity contribution in [1.82, 2.24) is 19.5 Å². The van der Waals surface area contributed by atoms with Crippen molar-refractivity contribution in [2.24, 2.45) is 0 Å². The molecule has 1 N–H and O–H groups in total. The number of aromatic nitrogens is 3. The zero-order valence-electron chi connectivity index (χ0n) is 11.3. The van der Waals surface area contributed by atoms with Crippen LogP contribution < -0.4 is 5.32 Å². The third-order valence-electron chi connectivity index (χ3n) is 3.01. The van der Waals surface area contributed by atoms with E-state index in [1.807, 2.05) is 14.0 Å². The molecule has 0 aliphatic heterocycles. The van der Waals surface area contributed by atoms with Gasteiger partial charge in [-0.25, -0.2) is 9.50 Å². The van der Waals surface area contributed by atoms with Gasteiger partial charge in [-0.15, -0.1) is 0 Å². The summed E-state index contributed by atoms with van der Waals surface area (Å²) in [5.41, 5.74) is -0.599. The number of hydrogen-bond donors (Lipinski definition) is 1. The zero-order valence-corrected chi connectivity index (χ0v) is 11.3. The Labute approximate surface area is 114 Å². The lowest BCUT2D eigenvalue weighted by Crippen LogP contribution is -2.25. The van der Waals surface area contributed by atoms with E-state index >= 15 is 0 Å². The van der Waals surface area contributed by atoms with E-state index in [0.29, 0.717) is 17.9 Å². The topological polar surface area (TPSA) is 45.5 Å². The van der Waals surface area contributed by atoms with Crippen molar-refractivity contribution in [2.75, 3.05) is 32.0 Å². The lowest BCUT2D eigenvalue weighted by Gasteiger charge is -2.14. The van der Waals surface area contributed by atoms with E-state index in [1.165, 1.54) is 16.9 Å². The molecule has 20 heavy (non-hydrogen) atoms. The van der Waals surface area contributed by atoms with Gasteiger partial charge in [-0.2, -0.15) is 18.3 Å². The molecule has 0 saturated heterocycles. The maximum absolute atomic E-state index is 12.6. The molecule has 2 heterocycles. The number of fused-ring (bicyclic) bond motifs is 1. The van der Waals surface area contributed by atoms with Gasteiger partial charge in [-0.3, -0.25) is 0 Å². The number of anilines is 1. The molecule has 0 saturated carbocycles. The molecule has 2 aromatic heterocycles. The lowest BCUT2D eigenvalue weighted by molar-refractivity contribution is -0.141. The Kier molecular flexibility index (Phi) is 4.12. The average Bonchev–Trinajstić information content (AvgIpc) is 2.83. The number of likely N-dealkylation sites (N-methyl/N-ethyl adjacent to an activating group) is 1. The van der Waals surface area contributed by atoms with Gasteiger partial charge in [0.2, 0.25) is 0 Å². The number of halogens is 3. The van der Waals surface area contributed by atoms with E-state index in [9.17, 15) is 13.2 Å². The van der Waals surface area contributed by atoms with Gasteiger partial charge in [0, 0.05) is 31.5 Å². The summed E-state index contributed by atoms with van der Waals surface area (Å²) in [6.45, 7) is 4.32. The molecule has 0 aromatic carbocycles. The fourth-order valence-corrected chi connectivity index (χ4v) is 1.72. The van der Waals surface area contributed by atoms with Crippen LogP contribution in [0.1, 0.15) is 12.6 Å². The Bertz CT molecular complexity index is 578. The van der Waals surface area contributed by atoms with Gasteiger partial charge >= 0.3 is 6.18 Å². The van der Waals surface area contributed by atoms with Gasteiger partial charge in [0.25, 0.3) is 0 Å². The minimum atomic E-state index is -4.45. The molecule has 0 atom stereocenters. The molecule has 0 fully saturated rings. The number of nitrogens with one attached hydrogen (secondary N) is 1. The van der Waals surface area contributed by atoms with Crippen molar-refractivity contribution in [3.8, 4) is 0 Å². The molecule has 0 amide bonds. The molecule has 110 valence electrons. The number of alkyl halides is 3. The first-order valence-electron chi connectivity index (χ1n) is 6.26. The third kappa shape index (κ3) is 3.19. The highest BCUT2D eigenvalue weighted by atomic mass is 19.4. The van der Waals surface area contributed by atoms with Crippen molar-refractivity contribution in [3.63, 3.8) is 0 Å². The minimum Gasteiger partial charge on any atom is -0.367 e. The first-order valence-corrected chi connectivity index (χ1v) is 6.26. The van der Waals surface area contributed by atoms with Crippen LogP contribution >= 0.6 is 0 Å². The van der Waals surface area contributed by atoms with Gasteiger partial charge in [0.15, 0.2) is 11.5 Å². The lowest BCUT2D eigenvalue weighted by atomic mass is 10.3. The molecule has 2 rings (SSSR count). The van der Waals surface area contributed by atoms with Gasteiger partial charge in [-0.1, -0.05) is 6.92 Å². The molecular weight excluding hydrogens is 271 g/mol. The average molecular weight is 287 g/mol. The first-order chi connectivity index (χ1) is 9.41. The van der Waals surface area contributed by atoms with E-state index in [4.69, 9.17) is 0 Å². The molecular formula is C12H16F3N5. The summed E-state index contributed by atoms with van der Waals surface area (Å²) < 4.78 is 39.1. The highest BCUT2D eigenvalue weighted by Crippen LogP contribution is 2.29. The monoisotopic (exact) mass is 287 g/mol. The van der Waals surface area contributed by atoms with Crippen LogP contribution in [0.2, 0.25) is 0 Å². The molecule has 0 radical (unpaired) electrons. The predicted octanol–water partition coefficient (Wildman–Crippen LogP) is 2.11. The maximum atomic E-state index is 12.6.